The Hall–Kier alpha value is -3.32. The molecule has 0 aliphatic rings. The van der Waals surface area contributed by atoms with Crippen molar-refractivity contribution in [3.05, 3.63) is 83.7 Å². The van der Waals surface area contributed by atoms with Crippen LogP contribution in [0.4, 0.5) is 10.1 Å². The van der Waals surface area contributed by atoms with Crippen LogP contribution in [-0.2, 0) is 13.1 Å². The summed E-state index contributed by atoms with van der Waals surface area (Å²) in [6, 6.07) is 19.7. The second-order valence-electron chi connectivity index (χ2n) is 6.83. The van der Waals surface area contributed by atoms with Crippen LogP contribution in [0.1, 0.15) is 11.1 Å². The molecule has 0 spiro atoms. The van der Waals surface area contributed by atoms with E-state index in [0.717, 1.165) is 22.6 Å². The molecule has 162 valence electrons. The summed E-state index contributed by atoms with van der Waals surface area (Å²) in [5, 5.41) is 3.81. The van der Waals surface area contributed by atoms with E-state index in [2.05, 4.69) is 5.32 Å². The predicted octanol–water partition coefficient (Wildman–Crippen LogP) is 5.25. The minimum atomic E-state index is -0.269. The molecule has 0 unspecified atom stereocenters. The minimum absolute atomic E-state index is 0.269. The lowest BCUT2D eigenvalue weighted by atomic mass is 10.1. The fourth-order valence-corrected chi connectivity index (χ4v) is 3.33. The first kappa shape index (κ1) is 22.4. The van der Waals surface area contributed by atoms with E-state index in [9.17, 15) is 4.39 Å². The lowest BCUT2D eigenvalue weighted by Crippen LogP contribution is -2.33. The maximum absolute atomic E-state index is 13.3. The second kappa shape index (κ2) is 10.6. The molecule has 0 heterocycles. The molecule has 0 aliphatic heterocycles. The summed E-state index contributed by atoms with van der Waals surface area (Å²) in [4.78, 5) is 2.01. The van der Waals surface area contributed by atoms with E-state index < -0.39 is 0 Å². The van der Waals surface area contributed by atoms with Crippen molar-refractivity contribution < 1.29 is 18.6 Å². The summed E-state index contributed by atoms with van der Waals surface area (Å²) >= 11 is 5.71. The molecule has 0 fully saturated rings. The van der Waals surface area contributed by atoms with Gasteiger partial charge in [-0.3, -0.25) is 0 Å². The zero-order chi connectivity index (χ0) is 22.2. The van der Waals surface area contributed by atoms with Crippen molar-refractivity contribution in [1.82, 2.24) is 4.90 Å². The van der Waals surface area contributed by atoms with E-state index in [1.165, 1.54) is 12.1 Å². The third-order valence-corrected chi connectivity index (χ3v) is 5.10. The number of nitrogens with one attached hydrogen (secondary N) is 1. The van der Waals surface area contributed by atoms with Crippen molar-refractivity contribution in [3.63, 3.8) is 0 Å². The van der Waals surface area contributed by atoms with Gasteiger partial charge in [0.2, 0.25) is 0 Å². The summed E-state index contributed by atoms with van der Waals surface area (Å²) in [6.07, 6.45) is 0. The highest BCUT2D eigenvalue weighted by atomic mass is 32.1. The van der Waals surface area contributed by atoms with Gasteiger partial charge < -0.3 is 24.4 Å². The van der Waals surface area contributed by atoms with Gasteiger partial charge in [-0.15, -0.1) is 0 Å². The highest BCUT2D eigenvalue weighted by Gasteiger charge is 2.14. The van der Waals surface area contributed by atoms with Gasteiger partial charge in [0.15, 0.2) is 16.6 Å². The number of hydrogen-bond acceptors (Lipinski definition) is 4. The number of benzene rings is 3. The maximum atomic E-state index is 13.3. The lowest BCUT2D eigenvalue weighted by molar-refractivity contribution is 0.352. The first-order chi connectivity index (χ1) is 15.0. The monoisotopic (exact) mass is 440 g/mol. The number of thiocarbonyl (C=S) groups is 1. The summed E-state index contributed by atoms with van der Waals surface area (Å²) in [5.74, 6) is 1.81. The van der Waals surface area contributed by atoms with Gasteiger partial charge in [-0.05, 0) is 71.9 Å². The van der Waals surface area contributed by atoms with Crippen molar-refractivity contribution in [2.75, 3.05) is 26.6 Å². The number of ether oxygens (including phenoxy) is 3. The third-order valence-electron chi connectivity index (χ3n) is 4.74. The van der Waals surface area contributed by atoms with Crippen LogP contribution in [0.25, 0.3) is 0 Å². The average Bonchev–Trinajstić information content (AvgIpc) is 2.80. The quantitative estimate of drug-likeness (QED) is 0.483. The van der Waals surface area contributed by atoms with Gasteiger partial charge in [0.1, 0.15) is 11.6 Å². The Morgan fingerprint density at radius 3 is 2.03 bits per heavy atom. The van der Waals surface area contributed by atoms with Gasteiger partial charge in [-0.1, -0.05) is 18.2 Å². The number of nitrogens with zero attached hydrogens (tertiary/aromatic N) is 1. The Bertz CT molecular complexity index is 1010. The molecule has 0 amide bonds. The Kier molecular flexibility index (Phi) is 7.67. The highest BCUT2D eigenvalue weighted by Crippen LogP contribution is 2.28. The van der Waals surface area contributed by atoms with Crippen LogP contribution in [0.2, 0.25) is 0 Å². The van der Waals surface area contributed by atoms with Gasteiger partial charge >= 0.3 is 0 Å². The van der Waals surface area contributed by atoms with Crippen LogP contribution in [0.15, 0.2) is 66.7 Å². The van der Waals surface area contributed by atoms with Gasteiger partial charge in [-0.25, -0.2) is 4.39 Å². The molecule has 3 aromatic rings. The Morgan fingerprint density at radius 1 is 0.806 bits per heavy atom. The second-order valence-corrected chi connectivity index (χ2v) is 7.22. The Morgan fingerprint density at radius 2 is 1.42 bits per heavy atom. The zero-order valence-electron chi connectivity index (χ0n) is 17.7. The van der Waals surface area contributed by atoms with Crippen LogP contribution in [-0.4, -0.2) is 31.3 Å². The first-order valence-corrected chi connectivity index (χ1v) is 10.1. The van der Waals surface area contributed by atoms with Gasteiger partial charge in [0.05, 0.1) is 21.3 Å². The first-order valence-electron chi connectivity index (χ1n) is 9.67. The summed E-state index contributed by atoms with van der Waals surface area (Å²) < 4.78 is 29.3. The Balaban J connectivity index is 1.82. The molecule has 0 saturated carbocycles. The SMILES string of the molecule is COc1ccc(NC(=S)N(Cc2ccc(F)cc2)Cc2ccc(OC)c(OC)c2)cc1. The van der Waals surface area contributed by atoms with E-state index in [4.69, 9.17) is 26.4 Å². The van der Waals surface area contributed by atoms with Gasteiger partial charge in [0, 0.05) is 18.8 Å². The van der Waals surface area contributed by atoms with E-state index in [1.54, 1.807) is 33.5 Å². The molecule has 0 bridgehead atoms. The van der Waals surface area contributed by atoms with Crippen molar-refractivity contribution >= 4 is 23.0 Å². The van der Waals surface area contributed by atoms with Crippen molar-refractivity contribution in [2.24, 2.45) is 0 Å². The molecule has 0 aliphatic carbocycles. The summed E-state index contributed by atoms with van der Waals surface area (Å²) in [6.45, 7) is 1.04. The molecule has 0 aromatic heterocycles. The van der Waals surface area contributed by atoms with Crippen LogP contribution in [0, 0.1) is 5.82 Å². The van der Waals surface area contributed by atoms with Crippen molar-refractivity contribution in [2.45, 2.75) is 13.1 Å². The minimum Gasteiger partial charge on any atom is -0.497 e. The average molecular weight is 441 g/mol. The van der Waals surface area contributed by atoms with E-state index in [0.29, 0.717) is 29.7 Å². The fourth-order valence-electron chi connectivity index (χ4n) is 3.09. The molecule has 0 radical (unpaired) electrons. The number of hydrogen-bond donors (Lipinski definition) is 1. The topological polar surface area (TPSA) is 43.0 Å². The van der Waals surface area contributed by atoms with Crippen LogP contribution >= 0.6 is 12.2 Å². The van der Waals surface area contributed by atoms with E-state index in [-0.39, 0.29) is 5.82 Å². The van der Waals surface area contributed by atoms with Gasteiger partial charge in [-0.2, -0.15) is 0 Å². The van der Waals surface area contributed by atoms with Gasteiger partial charge in [0.25, 0.3) is 0 Å². The molecule has 31 heavy (non-hydrogen) atoms. The van der Waals surface area contributed by atoms with Crippen molar-refractivity contribution in [1.29, 1.82) is 0 Å². The number of halogens is 1. The Labute approximate surface area is 187 Å². The number of rotatable bonds is 8. The molecular formula is C24H25FN2O3S. The van der Waals surface area contributed by atoms with Crippen LogP contribution in [0.5, 0.6) is 17.2 Å². The molecule has 3 rings (SSSR count). The number of methoxy groups -OCH3 is 3. The lowest BCUT2D eigenvalue weighted by Gasteiger charge is -2.26. The normalized spacial score (nSPS) is 10.3. The van der Waals surface area contributed by atoms with Crippen LogP contribution in [0.3, 0.4) is 0 Å². The molecule has 5 nitrogen and oxygen atoms in total. The molecule has 7 heteroatoms. The fraction of sp³-hybridized carbons (Fsp3) is 0.208. The number of anilines is 1. The molecular weight excluding hydrogens is 415 g/mol. The standard InChI is InChI=1S/C24H25FN2O3S/c1-28-21-11-9-20(10-12-21)26-24(31)27(15-17-4-7-19(25)8-5-17)16-18-6-13-22(29-2)23(14-18)30-3/h4-14H,15-16H2,1-3H3,(H,26,31). The molecule has 1 N–H and O–H groups in total. The van der Waals surface area contributed by atoms with E-state index >= 15 is 0 Å². The van der Waals surface area contributed by atoms with Crippen molar-refractivity contribution in [3.8, 4) is 17.2 Å². The predicted molar refractivity (Wildman–Crippen MR) is 124 cm³/mol. The maximum Gasteiger partial charge on any atom is 0.174 e. The summed E-state index contributed by atoms with van der Waals surface area (Å²) in [5.41, 5.74) is 2.79. The summed E-state index contributed by atoms with van der Waals surface area (Å²) in [7, 11) is 4.83. The van der Waals surface area contributed by atoms with Crippen LogP contribution < -0.4 is 19.5 Å². The highest BCUT2D eigenvalue weighted by molar-refractivity contribution is 7.80. The van der Waals surface area contributed by atoms with E-state index in [1.807, 2.05) is 47.4 Å². The third kappa shape index (κ3) is 6.08. The smallest absolute Gasteiger partial charge is 0.174 e. The molecule has 0 atom stereocenters. The molecule has 3 aromatic carbocycles. The largest absolute Gasteiger partial charge is 0.497 e. The zero-order valence-corrected chi connectivity index (χ0v) is 18.5. The molecule has 0 saturated heterocycles.